The van der Waals surface area contributed by atoms with Crippen molar-refractivity contribution in [2.45, 2.75) is 11.8 Å². The van der Waals surface area contributed by atoms with Crippen molar-refractivity contribution in [3.63, 3.8) is 0 Å². The number of hydrogen-bond acceptors (Lipinski definition) is 4. The average Bonchev–Trinajstić information content (AvgIpc) is 2.51. The van der Waals surface area contributed by atoms with Gasteiger partial charge in [-0.1, -0.05) is 33.6 Å². The van der Waals surface area contributed by atoms with Crippen molar-refractivity contribution < 1.29 is 17.5 Å². The fourth-order valence-corrected chi connectivity index (χ4v) is 2.96. The number of rotatable bonds is 5. The lowest BCUT2D eigenvalue weighted by atomic mass is 10.2. The van der Waals surface area contributed by atoms with Gasteiger partial charge in [-0.3, -0.25) is 0 Å². The molecule has 0 heterocycles. The Labute approximate surface area is 142 Å². The van der Waals surface area contributed by atoms with E-state index in [1.165, 1.54) is 25.3 Å². The molecular weight excluding hydrogens is 387 g/mol. The molecule has 0 aliphatic carbocycles. The van der Waals surface area contributed by atoms with Gasteiger partial charge < -0.3 is 4.74 Å². The first kappa shape index (κ1) is 17.4. The highest BCUT2D eigenvalue weighted by atomic mass is 79.9. The number of halogens is 2. The molecule has 2 rings (SSSR count). The van der Waals surface area contributed by atoms with Crippen LogP contribution >= 0.6 is 15.9 Å². The van der Waals surface area contributed by atoms with Crippen LogP contribution in [0, 0.1) is 12.7 Å². The molecule has 8 heteroatoms. The molecule has 0 amide bonds. The Balaban J connectivity index is 2.23. The molecule has 0 bridgehead atoms. The zero-order valence-electron chi connectivity index (χ0n) is 12.4. The van der Waals surface area contributed by atoms with Gasteiger partial charge in [-0.05, 0) is 31.2 Å². The molecule has 2 aromatic carbocycles. The lowest BCUT2D eigenvalue weighted by Crippen LogP contribution is -2.18. The van der Waals surface area contributed by atoms with Crippen LogP contribution in [0.5, 0.6) is 5.75 Å². The van der Waals surface area contributed by atoms with Gasteiger partial charge in [-0.25, -0.2) is 9.22 Å². The number of nitrogens with zero attached hydrogens (tertiary/aromatic N) is 1. The van der Waals surface area contributed by atoms with Gasteiger partial charge in [0.25, 0.3) is 10.0 Å². The van der Waals surface area contributed by atoms with Gasteiger partial charge in [-0.2, -0.15) is 13.5 Å². The third-order valence-electron chi connectivity index (χ3n) is 3.01. The first-order valence-electron chi connectivity index (χ1n) is 6.48. The van der Waals surface area contributed by atoms with Crippen molar-refractivity contribution >= 4 is 32.2 Å². The summed E-state index contributed by atoms with van der Waals surface area (Å²) in [6.07, 6.45) is 1.08. The molecule has 0 aliphatic heterocycles. The maximum atomic E-state index is 14.1. The number of nitrogens with one attached hydrogen (secondary N) is 1. The van der Waals surface area contributed by atoms with E-state index in [9.17, 15) is 12.8 Å². The summed E-state index contributed by atoms with van der Waals surface area (Å²) in [4.78, 5) is 2.12. The number of ether oxygens (including phenoxy) is 1. The van der Waals surface area contributed by atoms with Gasteiger partial charge in [0.1, 0.15) is 0 Å². The third kappa shape index (κ3) is 4.08. The highest BCUT2D eigenvalue weighted by Crippen LogP contribution is 2.26. The third-order valence-corrected chi connectivity index (χ3v) is 4.94. The van der Waals surface area contributed by atoms with Crippen molar-refractivity contribution in [2.24, 2.45) is 5.10 Å². The van der Waals surface area contributed by atoms with Crippen molar-refractivity contribution in [1.29, 1.82) is 0 Å². The molecule has 23 heavy (non-hydrogen) atoms. The Bertz CT molecular complexity index is 837. The number of hydrazone groups is 1. The van der Waals surface area contributed by atoms with Crippen LogP contribution in [0.25, 0.3) is 0 Å². The Morgan fingerprint density at radius 1 is 1.22 bits per heavy atom. The zero-order chi connectivity index (χ0) is 17.0. The molecule has 0 radical (unpaired) electrons. The minimum absolute atomic E-state index is 0.0380. The smallest absolute Gasteiger partial charge is 0.276 e. The summed E-state index contributed by atoms with van der Waals surface area (Å²) < 4.78 is 43.5. The van der Waals surface area contributed by atoms with Crippen LogP contribution in [0.4, 0.5) is 4.39 Å². The van der Waals surface area contributed by atoms with E-state index >= 15 is 0 Å². The Morgan fingerprint density at radius 3 is 2.48 bits per heavy atom. The summed E-state index contributed by atoms with van der Waals surface area (Å²) in [6.45, 7) is 1.85. The van der Waals surface area contributed by atoms with Crippen molar-refractivity contribution in [2.75, 3.05) is 7.11 Å². The Hall–Kier alpha value is -1.93. The fraction of sp³-hybridized carbons (Fsp3) is 0.133. The Morgan fingerprint density at radius 2 is 1.87 bits per heavy atom. The lowest BCUT2D eigenvalue weighted by molar-refractivity contribution is 0.386. The number of aryl methyl sites for hydroxylation is 1. The average molecular weight is 401 g/mol. The molecule has 0 saturated heterocycles. The van der Waals surface area contributed by atoms with E-state index in [1.54, 1.807) is 18.2 Å². The summed E-state index contributed by atoms with van der Waals surface area (Å²) in [6, 6.07) is 9.32. The van der Waals surface area contributed by atoms with E-state index in [2.05, 4.69) is 21.0 Å². The minimum atomic E-state index is -3.81. The van der Waals surface area contributed by atoms with Crippen LogP contribution < -0.4 is 9.57 Å². The zero-order valence-corrected chi connectivity index (χ0v) is 14.8. The van der Waals surface area contributed by atoms with E-state index in [0.717, 1.165) is 11.8 Å². The van der Waals surface area contributed by atoms with E-state index in [1.807, 2.05) is 11.8 Å². The van der Waals surface area contributed by atoms with Crippen molar-refractivity contribution in [3.05, 3.63) is 57.8 Å². The van der Waals surface area contributed by atoms with E-state index in [-0.39, 0.29) is 16.2 Å². The molecule has 0 atom stereocenters. The van der Waals surface area contributed by atoms with E-state index in [4.69, 9.17) is 4.74 Å². The van der Waals surface area contributed by atoms with Crippen LogP contribution in [-0.2, 0) is 10.0 Å². The maximum Gasteiger partial charge on any atom is 0.276 e. The first-order chi connectivity index (χ1) is 10.8. The second kappa shape index (κ2) is 7.10. The van der Waals surface area contributed by atoms with Crippen molar-refractivity contribution in [3.8, 4) is 5.75 Å². The normalized spacial score (nSPS) is 11.7. The molecule has 0 saturated carbocycles. The van der Waals surface area contributed by atoms with Gasteiger partial charge in [0.05, 0.1) is 18.2 Å². The van der Waals surface area contributed by atoms with Crippen LogP contribution in [0.2, 0.25) is 0 Å². The molecule has 0 aliphatic rings. The second-order valence-electron chi connectivity index (χ2n) is 4.64. The maximum absolute atomic E-state index is 14.1. The van der Waals surface area contributed by atoms with Gasteiger partial charge in [0, 0.05) is 10.0 Å². The molecule has 122 valence electrons. The summed E-state index contributed by atoms with van der Waals surface area (Å²) in [5.74, 6) is -0.601. The predicted octanol–water partition coefficient (Wildman–Crippen LogP) is 3.22. The van der Waals surface area contributed by atoms with Gasteiger partial charge in [0.2, 0.25) is 0 Å². The van der Waals surface area contributed by atoms with Gasteiger partial charge >= 0.3 is 0 Å². The number of sulfonamides is 1. The van der Waals surface area contributed by atoms with Gasteiger partial charge in [0.15, 0.2) is 11.6 Å². The van der Waals surface area contributed by atoms with Crippen LogP contribution in [0.15, 0.2) is 50.9 Å². The number of benzene rings is 2. The van der Waals surface area contributed by atoms with Crippen LogP contribution in [-0.4, -0.2) is 21.7 Å². The summed E-state index contributed by atoms with van der Waals surface area (Å²) >= 11 is 3.18. The molecule has 0 spiro atoms. The standard InChI is InChI=1S/C15H14BrFN2O3S/c1-10-3-5-11(6-4-10)23(20,21)19-18-9-12-13(16)7-8-14(22-2)15(12)17/h3-9,19H,1-2H3/b18-9+. The molecule has 0 fully saturated rings. The van der Waals surface area contributed by atoms with Crippen molar-refractivity contribution in [1.82, 2.24) is 4.83 Å². The molecule has 1 N–H and O–H groups in total. The quantitative estimate of drug-likeness (QED) is 0.618. The topological polar surface area (TPSA) is 67.8 Å². The monoisotopic (exact) mass is 400 g/mol. The fourth-order valence-electron chi connectivity index (χ4n) is 1.76. The summed E-state index contributed by atoms with van der Waals surface area (Å²) in [5, 5.41) is 3.62. The summed E-state index contributed by atoms with van der Waals surface area (Å²) in [7, 11) is -2.46. The molecular formula is C15H14BrFN2O3S. The number of hydrogen-bond donors (Lipinski definition) is 1. The summed E-state index contributed by atoms with van der Waals surface area (Å²) in [5.41, 5.74) is 1.02. The molecule has 0 unspecified atom stereocenters. The molecule has 5 nitrogen and oxygen atoms in total. The largest absolute Gasteiger partial charge is 0.494 e. The Kier molecular flexibility index (Phi) is 5.38. The number of methoxy groups -OCH3 is 1. The predicted molar refractivity (Wildman–Crippen MR) is 89.7 cm³/mol. The van der Waals surface area contributed by atoms with Crippen LogP contribution in [0.3, 0.4) is 0 Å². The lowest BCUT2D eigenvalue weighted by Gasteiger charge is -2.07. The highest BCUT2D eigenvalue weighted by Gasteiger charge is 2.13. The van der Waals surface area contributed by atoms with E-state index in [0.29, 0.717) is 4.47 Å². The van der Waals surface area contributed by atoms with Crippen LogP contribution in [0.1, 0.15) is 11.1 Å². The van der Waals surface area contributed by atoms with Gasteiger partial charge in [-0.15, -0.1) is 0 Å². The minimum Gasteiger partial charge on any atom is -0.494 e. The molecule has 2 aromatic rings. The first-order valence-corrected chi connectivity index (χ1v) is 8.76. The second-order valence-corrected chi connectivity index (χ2v) is 7.16. The highest BCUT2D eigenvalue weighted by molar-refractivity contribution is 9.10. The SMILES string of the molecule is COc1ccc(Br)c(/C=N/NS(=O)(=O)c2ccc(C)cc2)c1F. The van der Waals surface area contributed by atoms with E-state index < -0.39 is 15.8 Å². The molecule has 0 aromatic heterocycles.